The summed E-state index contributed by atoms with van der Waals surface area (Å²) in [7, 11) is -1.04. The maximum absolute atomic E-state index is 11.9. The summed E-state index contributed by atoms with van der Waals surface area (Å²) < 4.78 is 17.1. The predicted molar refractivity (Wildman–Crippen MR) is 60.7 cm³/mol. The summed E-state index contributed by atoms with van der Waals surface area (Å²) in [6.45, 7) is 3.33. The van der Waals surface area contributed by atoms with E-state index < -0.39 is 10.8 Å². The molecule has 1 aliphatic rings. The highest BCUT2D eigenvalue weighted by Crippen LogP contribution is 2.09. The Morgan fingerprint density at radius 1 is 1.40 bits per heavy atom. The van der Waals surface area contributed by atoms with Gasteiger partial charge in [-0.3, -0.25) is 9.20 Å². The Bertz CT molecular complexity index is 398. The van der Waals surface area contributed by atoms with E-state index in [1.54, 1.807) is 0 Å². The topological polar surface area (TPSA) is 38.7 Å². The van der Waals surface area contributed by atoms with Crippen LogP contribution in [-0.4, -0.2) is 29.0 Å². The molecule has 1 unspecified atom stereocenters. The van der Waals surface area contributed by atoms with E-state index in [1.807, 2.05) is 31.2 Å². The van der Waals surface area contributed by atoms with E-state index in [4.69, 9.17) is 4.74 Å². The summed E-state index contributed by atoms with van der Waals surface area (Å²) in [4.78, 5) is 4.95. The Kier molecular flexibility index (Phi) is 3.16. The Morgan fingerprint density at radius 3 is 2.73 bits per heavy atom. The van der Waals surface area contributed by atoms with E-state index in [-0.39, 0.29) is 0 Å². The highest BCUT2D eigenvalue weighted by molar-refractivity contribution is 7.85. The molecule has 15 heavy (non-hydrogen) atoms. The van der Waals surface area contributed by atoms with Gasteiger partial charge in [-0.2, -0.15) is 0 Å². The zero-order chi connectivity index (χ0) is 10.7. The van der Waals surface area contributed by atoms with Crippen LogP contribution in [0.15, 0.2) is 34.2 Å². The van der Waals surface area contributed by atoms with Gasteiger partial charge in [0.1, 0.15) is 12.4 Å². The minimum Gasteiger partial charge on any atom is -0.478 e. The van der Waals surface area contributed by atoms with Crippen LogP contribution in [0.3, 0.4) is 0 Å². The first-order chi connectivity index (χ1) is 7.25. The number of hydrogen-bond donors (Lipinski definition) is 0. The lowest BCUT2D eigenvalue weighted by atomic mass is 10.2. The van der Waals surface area contributed by atoms with Crippen LogP contribution in [0.4, 0.5) is 0 Å². The molecule has 1 heterocycles. The molecule has 2 rings (SSSR count). The molecule has 0 radical (unpaired) electrons. The third-order valence-corrected chi connectivity index (χ3v) is 3.49. The van der Waals surface area contributed by atoms with Gasteiger partial charge in [0.15, 0.2) is 5.90 Å². The zero-order valence-electron chi connectivity index (χ0n) is 8.60. The molecule has 0 aromatic heterocycles. The molecule has 0 bridgehead atoms. The maximum atomic E-state index is 11.9. The molecule has 0 fully saturated rings. The van der Waals surface area contributed by atoms with Crippen molar-refractivity contribution in [1.82, 2.24) is 0 Å². The molecule has 1 aromatic rings. The van der Waals surface area contributed by atoms with Gasteiger partial charge < -0.3 is 4.74 Å². The van der Waals surface area contributed by atoms with Gasteiger partial charge in [0.2, 0.25) is 0 Å². The van der Waals surface area contributed by atoms with E-state index in [9.17, 15) is 4.21 Å². The van der Waals surface area contributed by atoms with Crippen molar-refractivity contribution in [3.8, 4) is 0 Å². The molecule has 80 valence electrons. The minimum absolute atomic E-state index is 0.392. The van der Waals surface area contributed by atoms with E-state index >= 15 is 0 Å². The molecule has 1 atom stereocenters. The van der Waals surface area contributed by atoms with Crippen LogP contribution >= 0.6 is 0 Å². The lowest BCUT2D eigenvalue weighted by molar-refractivity contribution is 0.345. The third-order valence-electron chi connectivity index (χ3n) is 2.19. The van der Waals surface area contributed by atoms with Gasteiger partial charge >= 0.3 is 0 Å². The number of benzene rings is 1. The molecular weight excluding hydrogens is 210 g/mol. The average molecular weight is 223 g/mol. The van der Waals surface area contributed by atoms with Crippen molar-refractivity contribution >= 4 is 16.7 Å². The minimum atomic E-state index is -1.04. The number of ether oxygens (including phenoxy) is 1. The van der Waals surface area contributed by atoms with E-state index in [0.717, 1.165) is 4.90 Å². The number of hydrogen-bond acceptors (Lipinski definition) is 3. The van der Waals surface area contributed by atoms with Crippen LogP contribution in [0.1, 0.15) is 5.56 Å². The van der Waals surface area contributed by atoms with Gasteiger partial charge in [-0.05, 0) is 19.1 Å². The van der Waals surface area contributed by atoms with Gasteiger partial charge in [-0.1, -0.05) is 17.7 Å². The second-order valence-electron chi connectivity index (χ2n) is 3.43. The first-order valence-electron chi connectivity index (χ1n) is 4.87. The summed E-state index contributed by atoms with van der Waals surface area (Å²) in [6, 6.07) is 7.71. The quantitative estimate of drug-likeness (QED) is 0.779. The highest BCUT2D eigenvalue weighted by Gasteiger charge is 2.12. The molecule has 4 heteroatoms. The summed E-state index contributed by atoms with van der Waals surface area (Å²) >= 11 is 0. The van der Waals surface area contributed by atoms with Crippen LogP contribution in [0.2, 0.25) is 0 Å². The predicted octanol–water partition coefficient (Wildman–Crippen LogP) is 1.53. The molecular formula is C11H13NO2S. The Hall–Kier alpha value is -1.16. The van der Waals surface area contributed by atoms with Crippen molar-refractivity contribution in [3.05, 3.63) is 29.8 Å². The smallest absolute Gasteiger partial charge is 0.196 e. The van der Waals surface area contributed by atoms with Gasteiger partial charge in [0.25, 0.3) is 0 Å². The largest absolute Gasteiger partial charge is 0.478 e. The van der Waals surface area contributed by atoms with Crippen LogP contribution < -0.4 is 0 Å². The molecule has 1 aromatic carbocycles. The lowest BCUT2D eigenvalue weighted by Crippen LogP contribution is -2.10. The van der Waals surface area contributed by atoms with Crippen molar-refractivity contribution in [1.29, 1.82) is 0 Å². The number of rotatable bonds is 3. The fraction of sp³-hybridized carbons (Fsp3) is 0.364. The number of nitrogens with zero attached hydrogens (tertiary/aromatic N) is 1. The van der Waals surface area contributed by atoms with Crippen molar-refractivity contribution in [2.75, 3.05) is 18.9 Å². The van der Waals surface area contributed by atoms with Crippen LogP contribution in [-0.2, 0) is 15.5 Å². The standard InChI is InChI=1S/C11H13NO2S/c1-9-2-4-10(5-3-9)15(13)8-11-12-6-7-14-11/h2-5H,6-8H2,1H3. The van der Waals surface area contributed by atoms with Gasteiger partial charge in [0, 0.05) is 4.90 Å². The highest BCUT2D eigenvalue weighted by atomic mass is 32.2. The SMILES string of the molecule is Cc1ccc(S(=O)CC2=NCCO2)cc1. The van der Waals surface area contributed by atoms with Crippen molar-refractivity contribution < 1.29 is 8.95 Å². The summed E-state index contributed by atoms with van der Waals surface area (Å²) in [5.41, 5.74) is 1.17. The average Bonchev–Trinajstić information content (AvgIpc) is 2.71. The normalized spacial score (nSPS) is 17.0. The summed E-state index contributed by atoms with van der Waals surface area (Å²) in [5.74, 6) is 1.01. The zero-order valence-corrected chi connectivity index (χ0v) is 9.42. The van der Waals surface area contributed by atoms with Gasteiger partial charge in [-0.15, -0.1) is 0 Å². The molecule has 3 nitrogen and oxygen atoms in total. The summed E-state index contributed by atoms with van der Waals surface area (Å²) in [5, 5.41) is 0. The van der Waals surface area contributed by atoms with E-state index in [2.05, 4.69) is 4.99 Å². The molecule has 0 N–H and O–H groups in total. The molecule has 0 saturated heterocycles. The van der Waals surface area contributed by atoms with Gasteiger partial charge in [0.05, 0.1) is 17.3 Å². The molecule has 0 amide bonds. The molecule has 0 spiro atoms. The van der Waals surface area contributed by atoms with E-state index in [0.29, 0.717) is 24.8 Å². The Balaban J connectivity index is 2.04. The van der Waals surface area contributed by atoms with Crippen molar-refractivity contribution in [2.24, 2.45) is 4.99 Å². The van der Waals surface area contributed by atoms with Crippen LogP contribution in [0, 0.1) is 6.92 Å². The number of aryl methyl sites for hydroxylation is 1. The fourth-order valence-corrected chi connectivity index (χ4v) is 2.36. The lowest BCUT2D eigenvalue weighted by Gasteiger charge is -2.02. The molecule has 0 aliphatic carbocycles. The number of aliphatic imine (C=N–C) groups is 1. The maximum Gasteiger partial charge on any atom is 0.196 e. The monoisotopic (exact) mass is 223 g/mol. The van der Waals surface area contributed by atoms with Crippen LogP contribution in [0.5, 0.6) is 0 Å². The van der Waals surface area contributed by atoms with Crippen molar-refractivity contribution in [2.45, 2.75) is 11.8 Å². The third kappa shape index (κ3) is 2.65. The fourth-order valence-electron chi connectivity index (χ4n) is 1.35. The first kappa shape index (κ1) is 10.4. The summed E-state index contributed by atoms with van der Waals surface area (Å²) in [6.07, 6.45) is 0. The Labute approximate surface area is 91.6 Å². The van der Waals surface area contributed by atoms with E-state index in [1.165, 1.54) is 5.56 Å². The molecule has 1 aliphatic heterocycles. The van der Waals surface area contributed by atoms with Crippen molar-refractivity contribution in [3.63, 3.8) is 0 Å². The second-order valence-corrected chi connectivity index (χ2v) is 4.88. The van der Waals surface area contributed by atoms with Gasteiger partial charge in [-0.25, -0.2) is 0 Å². The Morgan fingerprint density at radius 2 is 2.13 bits per heavy atom. The second kappa shape index (κ2) is 4.57. The first-order valence-corrected chi connectivity index (χ1v) is 6.19. The van der Waals surface area contributed by atoms with Crippen LogP contribution in [0.25, 0.3) is 0 Å². The molecule has 0 saturated carbocycles.